The van der Waals surface area contributed by atoms with Crippen LogP contribution in [0.2, 0.25) is 0 Å². The van der Waals surface area contributed by atoms with Gasteiger partial charge in [0.2, 0.25) is 12.3 Å². The minimum Gasteiger partial charge on any atom is -0.481 e. The van der Waals surface area contributed by atoms with Crippen LogP contribution in [0.15, 0.2) is 0 Å². The van der Waals surface area contributed by atoms with Crippen molar-refractivity contribution < 1.29 is 19.5 Å². The number of hydrogen-bond donors (Lipinski definition) is 1. The lowest BCUT2D eigenvalue weighted by molar-refractivity contribution is -0.141. The third kappa shape index (κ3) is 3.57. The zero-order chi connectivity index (χ0) is 11.3. The Bertz CT molecular complexity index is 259. The summed E-state index contributed by atoms with van der Waals surface area (Å²) in [5.74, 6) is -1.11. The summed E-state index contributed by atoms with van der Waals surface area (Å²) in [6.07, 6.45) is 0.669. The highest BCUT2D eigenvalue weighted by atomic mass is 16.4. The Balaban J connectivity index is 2.29. The number of amides is 2. The van der Waals surface area contributed by atoms with E-state index in [4.69, 9.17) is 5.11 Å². The monoisotopic (exact) mass is 214 g/mol. The molecule has 0 spiro atoms. The summed E-state index contributed by atoms with van der Waals surface area (Å²) in [5, 5.41) is 8.42. The van der Waals surface area contributed by atoms with Crippen molar-refractivity contribution in [3.05, 3.63) is 0 Å². The molecule has 1 aliphatic rings. The summed E-state index contributed by atoms with van der Waals surface area (Å²) in [6, 6.07) is 0. The van der Waals surface area contributed by atoms with Gasteiger partial charge >= 0.3 is 5.97 Å². The quantitative estimate of drug-likeness (QED) is 0.618. The number of carboxylic acid groups (broad SMARTS) is 1. The molecule has 84 valence electrons. The molecule has 0 saturated carbocycles. The highest BCUT2D eigenvalue weighted by molar-refractivity contribution is 5.80. The molecule has 0 aromatic heterocycles. The molecule has 1 N–H and O–H groups in total. The molecule has 0 unspecified atom stereocenters. The Morgan fingerprint density at radius 3 is 2.20 bits per heavy atom. The van der Waals surface area contributed by atoms with E-state index in [1.54, 1.807) is 9.80 Å². The zero-order valence-electron chi connectivity index (χ0n) is 8.39. The smallest absolute Gasteiger partial charge is 0.303 e. The largest absolute Gasteiger partial charge is 0.481 e. The second-order valence-corrected chi connectivity index (χ2v) is 3.42. The molecule has 2 amide bonds. The summed E-state index contributed by atoms with van der Waals surface area (Å²) < 4.78 is 0. The number of carbonyl (C=O) groups excluding carboxylic acids is 2. The minimum atomic E-state index is -0.963. The van der Waals surface area contributed by atoms with Crippen LogP contribution in [0, 0.1) is 0 Å². The van der Waals surface area contributed by atoms with Crippen LogP contribution in [0.5, 0.6) is 0 Å². The lowest BCUT2D eigenvalue weighted by Crippen LogP contribution is -2.48. The van der Waals surface area contributed by atoms with E-state index < -0.39 is 5.97 Å². The number of nitrogens with zero attached hydrogens (tertiary/aromatic N) is 2. The Morgan fingerprint density at radius 2 is 1.73 bits per heavy atom. The molecule has 0 aromatic rings. The molecule has 1 aliphatic heterocycles. The molecule has 6 heteroatoms. The van der Waals surface area contributed by atoms with Crippen molar-refractivity contribution in [2.75, 3.05) is 26.2 Å². The van der Waals surface area contributed by atoms with E-state index in [0.717, 1.165) is 6.41 Å². The number of rotatable bonds is 4. The molecule has 15 heavy (non-hydrogen) atoms. The van der Waals surface area contributed by atoms with Gasteiger partial charge in [0, 0.05) is 32.6 Å². The first-order valence-corrected chi connectivity index (χ1v) is 4.82. The zero-order valence-corrected chi connectivity index (χ0v) is 8.39. The molecule has 0 aliphatic carbocycles. The van der Waals surface area contributed by atoms with Crippen molar-refractivity contribution in [2.24, 2.45) is 0 Å². The lowest BCUT2D eigenvalue weighted by Gasteiger charge is -2.32. The highest BCUT2D eigenvalue weighted by Crippen LogP contribution is 2.03. The van der Waals surface area contributed by atoms with Crippen LogP contribution in [0.3, 0.4) is 0 Å². The fraction of sp³-hybridized carbons (Fsp3) is 0.667. The predicted molar refractivity (Wildman–Crippen MR) is 51.1 cm³/mol. The Morgan fingerprint density at radius 1 is 1.13 bits per heavy atom. The van der Waals surface area contributed by atoms with Crippen molar-refractivity contribution in [3.8, 4) is 0 Å². The summed E-state index contributed by atoms with van der Waals surface area (Å²) in [6.45, 7) is 2.05. The maximum Gasteiger partial charge on any atom is 0.303 e. The Kier molecular flexibility index (Phi) is 4.08. The summed E-state index contributed by atoms with van der Waals surface area (Å²) in [4.78, 5) is 35.3. The summed E-state index contributed by atoms with van der Waals surface area (Å²) in [7, 11) is 0. The van der Waals surface area contributed by atoms with E-state index in [1.807, 2.05) is 0 Å². The first-order valence-electron chi connectivity index (χ1n) is 4.82. The molecule has 0 bridgehead atoms. The molecule has 0 radical (unpaired) electrons. The van der Waals surface area contributed by atoms with Gasteiger partial charge in [-0.05, 0) is 0 Å². The lowest BCUT2D eigenvalue weighted by atomic mass is 10.2. The number of carboxylic acids is 1. The van der Waals surface area contributed by atoms with Crippen molar-refractivity contribution in [2.45, 2.75) is 12.8 Å². The molecule has 6 nitrogen and oxygen atoms in total. The molecular formula is C9H14N2O4. The standard InChI is InChI=1S/C9H14N2O4/c12-7-10-3-5-11(6-4-10)8(13)1-2-9(14)15/h7H,1-6H2,(H,14,15). The number of piperazine rings is 1. The van der Waals surface area contributed by atoms with Crippen molar-refractivity contribution in [1.29, 1.82) is 0 Å². The molecular weight excluding hydrogens is 200 g/mol. The van der Waals surface area contributed by atoms with Gasteiger partial charge in [0.25, 0.3) is 0 Å². The van der Waals surface area contributed by atoms with Crippen LogP contribution in [0.25, 0.3) is 0 Å². The van der Waals surface area contributed by atoms with Crippen molar-refractivity contribution >= 4 is 18.3 Å². The van der Waals surface area contributed by atoms with Gasteiger partial charge in [-0.15, -0.1) is 0 Å². The van der Waals surface area contributed by atoms with E-state index in [-0.39, 0.29) is 18.7 Å². The molecule has 1 saturated heterocycles. The van der Waals surface area contributed by atoms with Crippen molar-refractivity contribution in [1.82, 2.24) is 9.80 Å². The second-order valence-electron chi connectivity index (χ2n) is 3.42. The van der Waals surface area contributed by atoms with E-state index in [1.165, 1.54) is 0 Å². The first kappa shape index (κ1) is 11.5. The Labute approximate surface area is 87.5 Å². The van der Waals surface area contributed by atoms with Crippen LogP contribution in [0.1, 0.15) is 12.8 Å². The fourth-order valence-corrected chi connectivity index (χ4v) is 1.45. The van der Waals surface area contributed by atoms with Gasteiger partial charge in [0.05, 0.1) is 6.42 Å². The van der Waals surface area contributed by atoms with Crippen molar-refractivity contribution in [3.63, 3.8) is 0 Å². The van der Waals surface area contributed by atoms with Gasteiger partial charge in [-0.3, -0.25) is 14.4 Å². The van der Waals surface area contributed by atoms with Gasteiger partial charge in [-0.1, -0.05) is 0 Å². The van der Waals surface area contributed by atoms with E-state index in [2.05, 4.69) is 0 Å². The Hall–Kier alpha value is -1.59. The third-order valence-electron chi connectivity index (χ3n) is 2.37. The van der Waals surface area contributed by atoms with E-state index >= 15 is 0 Å². The maximum atomic E-state index is 11.5. The number of hydrogen-bond acceptors (Lipinski definition) is 3. The van der Waals surface area contributed by atoms with Crippen LogP contribution in [-0.2, 0) is 14.4 Å². The molecule has 1 heterocycles. The normalized spacial score (nSPS) is 16.3. The van der Waals surface area contributed by atoms with Crippen LogP contribution < -0.4 is 0 Å². The molecule has 1 rings (SSSR count). The van der Waals surface area contributed by atoms with E-state index in [9.17, 15) is 14.4 Å². The van der Waals surface area contributed by atoms with Gasteiger partial charge < -0.3 is 14.9 Å². The maximum absolute atomic E-state index is 11.5. The van der Waals surface area contributed by atoms with Gasteiger partial charge in [-0.25, -0.2) is 0 Å². The van der Waals surface area contributed by atoms with Gasteiger partial charge in [-0.2, -0.15) is 0 Å². The van der Waals surface area contributed by atoms with Crippen LogP contribution in [-0.4, -0.2) is 59.4 Å². The van der Waals surface area contributed by atoms with Crippen LogP contribution in [0.4, 0.5) is 0 Å². The van der Waals surface area contributed by atoms with E-state index in [0.29, 0.717) is 26.2 Å². The summed E-state index contributed by atoms with van der Waals surface area (Å²) in [5.41, 5.74) is 0. The van der Waals surface area contributed by atoms with Gasteiger partial charge in [0.1, 0.15) is 0 Å². The third-order valence-corrected chi connectivity index (χ3v) is 2.37. The number of aliphatic carboxylic acids is 1. The number of carbonyl (C=O) groups is 3. The SMILES string of the molecule is O=CN1CCN(C(=O)CCC(=O)O)CC1. The summed E-state index contributed by atoms with van der Waals surface area (Å²) >= 11 is 0. The average molecular weight is 214 g/mol. The molecule has 0 atom stereocenters. The van der Waals surface area contributed by atoms with Crippen LogP contribution >= 0.6 is 0 Å². The minimum absolute atomic E-state index is 0.0381. The fourth-order valence-electron chi connectivity index (χ4n) is 1.45. The topological polar surface area (TPSA) is 77.9 Å². The van der Waals surface area contributed by atoms with Gasteiger partial charge in [0.15, 0.2) is 0 Å². The average Bonchev–Trinajstić information content (AvgIpc) is 2.26. The first-order chi connectivity index (χ1) is 7.13. The second kappa shape index (κ2) is 5.33. The molecule has 1 fully saturated rings. The molecule has 0 aromatic carbocycles. The highest BCUT2D eigenvalue weighted by Gasteiger charge is 2.20. The predicted octanol–water partition coefficient (Wildman–Crippen LogP) is -0.848.